The second kappa shape index (κ2) is 5.93. The van der Waals surface area contributed by atoms with E-state index in [0.29, 0.717) is 11.4 Å². The Balaban J connectivity index is 1.63. The average molecular weight is 337 g/mol. The molecule has 24 heavy (non-hydrogen) atoms. The Bertz CT molecular complexity index is 999. The first-order chi connectivity index (χ1) is 11.7. The molecule has 0 aliphatic heterocycles. The Hall–Kier alpha value is -2.93. The Morgan fingerprint density at radius 3 is 2.96 bits per heavy atom. The summed E-state index contributed by atoms with van der Waals surface area (Å²) in [7, 11) is 0. The van der Waals surface area contributed by atoms with Crippen LogP contribution in [-0.2, 0) is 6.42 Å². The normalized spacial score (nSPS) is 11.0. The van der Waals surface area contributed by atoms with Gasteiger partial charge in [-0.3, -0.25) is 4.79 Å². The van der Waals surface area contributed by atoms with Crippen LogP contribution in [0.3, 0.4) is 0 Å². The number of aromatic nitrogens is 4. The number of aryl methyl sites for hydroxylation is 1. The highest BCUT2D eigenvalue weighted by atomic mass is 32.1. The Labute approximate surface area is 142 Å². The van der Waals surface area contributed by atoms with E-state index < -0.39 is 0 Å². The number of amides is 1. The standard InChI is InChI=1S/C17H15N5OS/c1-2-14-15(21-17(24-14)22-7-3-4-8-22)16(23)20-11-5-6-12-13(9-11)19-10-18-12/h3-10H,2H2,1H3,(H,18,19)(H,20,23). The fourth-order valence-electron chi connectivity index (χ4n) is 2.53. The van der Waals surface area contributed by atoms with Gasteiger partial charge in [0.2, 0.25) is 0 Å². The molecule has 0 unspecified atom stereocenters. The second-order valence-electron chi connectivity index (χ2n) is 5.30. The van der Waals surface area contributed by atoms with E-state index in [1.807, 2.05) is 54.2 Å². The van der Waals surface area contributed by atoms with Crippen molar-refractivity contribution in [3.63, 3.8) is 0 Å². The van der Waals surface area contributed by atoms with Crippen LogP contribution in [0.1, 0.15) is 22.3 Å². The first-order valence-electron chi connectivity index (χ1n) is 7.62. The van der Waals surface area contributed by atoms with Crippen molar-refractivity contribution in [1.82, 2.24) is 19.5 Å². The van der Waals surface area contributed by atoms with E-state index >= 15 is 0 Å². The fraction of sp³-hybridized carbons (Fsp3) is 0.118. The molecule has 0 radical (unpaired) electrons. The molecule has 0 fully saturated rings. The van der Waals surface area contributed by atoms with Gasteiger partial charge in [0.05, 0.1) is 17.4 Å². The van der Waals surface area contributed by atoms with Crippen LogP contribution < -0.4 is 5.32 Å². The third-order valence-corrected chi connectivity index (χ3v) is 4.94. The summed E-state index contributed by atoms with van der Waals surface area (Å²) < 4.78 is 1.91. The van der Waals surface area contributed by atoms with Crippen molar-refractivity contribution in [2.75, 3.05) is 5.32 Å². The third kappa shape index (κ3) is 2.59. The molecule has 2 N–H and O–H groups in total. The smallest absolute Gasteiger partial charge is 0.275 e. The largest absolute Gasteiger partial charge is 0.345 e. The number of hydrogen-bond donors (Lipinski definition) is 2. The van der Waals surface area contributed by atoms with Gasteiger partial charge in [-0.25, -0.2) is 9.97 Å². The minimum absolute atomic E-state index is 0.194. The van der Waals surface area contributed by atoms with E-state index in [1.54, 1.807) is 6.33 Å². The van der Waals surface area contributed by atoms with E-state index in [2.05, 4.69) is 20.3 Å². The molecule has 0 atom stereocenters. The lowest BCUT2D eigenvalue weighted by Gasteiger charge is -2.04. The summed E-state index contributed by atoms with van der Waals surface area (Å²) in [5, 5.41) is 3.72. The molecule has 0 aliphatic carbocycles. The maximum atomic E-state index is 12.6. The zero-order chi connectivity index (χ0) is 16.5. The molecule has 0 saturated carbocycles. The maximum Gasteiger partial charge on any atom is 0.275 e. The predicted octanol–water partition coefficient (Wildman–Crippen LogP) is 3.62. The molecule has 0 saturated heterocycles. The van der Waals surface area contributed by atoms with Crippen LogP contribution in [0.15, 0.2) is 49.1 Å². The number of nitrogens with one attached hydrogen (secondary N) is 2. The van der Waals surface area contributed by atoms with E-state index in [-0.39, 0.29) is 5.91 Å². The summed E-state index contributed by atoms with van der Waals surface area (Å²) >= 11 is 1.53. The van der Waals surface area contributed by atoms with Gasteiger partial charge in [-0.15, -0.1) is 11.3 Å². The van der Waals surface area contributed by atoms with Crippen LogP contribution in [0.5, 0.6) is 0 Å². The molecular weight excluding hydrogens is 322 g/mol. The topological polar surface area (TPSA) is 75.6 Å². The van der Waals surface area contributed by atoms with E-state index in [1.165, 1.54) is 11.3 Å². The van der Waals surface area contributed by atoms with Crippen molar-refractivity contribution in [3.05, 3.63) is 59.6 Å². The zero-order valence-electron chi connectivity index (χ0n) is 13.0. The van der Waals surface area contributed by atoms with Crippen molar-refractivity contribution < 1.29 is 4.79 Å². The summed E-state index contributed by atoms with van der Waals surface area (Å²) in [6.07, 6.45) is 6.24. The number of carbonyl (C=O) groups is 1. The summed E-state index contributed by atoms with van der Waals surface area (Å²) in [6, 6.07) is 9.45. The number of aromatic amines is 1. The van der Waals surface area contributed by atoms with Crippen LogP contribution in [0.25, 0.3) is 16.2 Å². The quantitative estimate of drug-likeness (QED) is 0.597. The van der Waals surface area contributed by atoms with Gasteiger partial charge in [-0.1, -0.05) is 6.92 Å². The van der Waals surface area contributed by atoms with Crippen LogP contribution >= 0.6 is 11.3 Å². The fourth-order valence-corrected chi connectivity index (χ4v) is 3.50. The number of rotatable bonds is 4. The number of anilines is 1. The molecule has 4 aromatic rings. The van der Waals surface area contributed by atoms with Gasteiger partial charge in [0.25, 0.3) is 5.91 Å². The van der Waals surface area contributed by atoms with Crippen LogP contribution in [-0.4, -0.2) is 25.4 Å². The maximum absolute atomic E-state index is 12.6. The highest BCUT2D eigenvalue weighted by molar-refractivity contribution is 7.14. The molecule has 0 spiro atoms. The summed E-state index contributed by atoms with van der Waals surface area (Å²) in [6.45, 7) is 2.03. The van der Waals surface area contributed by atoms with E-state index in [9.17, 15) is 4.79 Å². The van der Waals surface area contributed by atoms with Gasteiger partial charge in [0.15, 0.2) is 5.13 Å². The summed E-state index contributed by atoms with van der Waals surface area (Å²) in [5.41, 5.74) is 2.95. The van der Waals surface area contributed by atoms with E-state index in [0.717, 1.165) is 27.5 Å². The molecule has 6 nitrogen and oxygen atoms in total. The summed E-state index contributed by atoms with van der Waals surface area (Å²) in [5.74, 6) is -0.194. The molecule has 1 amide bonds. The number of fused-ring (bicyclic) bond motifs is 1. The van der Waals surface area contributed by atoms with Gasteiger partial charge in [0, 0.05) is 23.0 Å². The third-order valence-electron chi connectivity index (χ3n) is 3.73. The Kier molecular flexibility index (Phi) is 3.62. The minimum atomic E-state index is -0.194. The number of carbonyl (C=O) groups excluding carboxylic acids is 1. The second-order valence-corrected chi connectivity index (χ2v) is 6.36. The van der Waals surface area contributed by atoms with Crippen LogP contribution in [0.4, 0.5) is 5.69 Å². The monoisotopic (exact) mass is 337 g/mol. The minimum Gasteiger partial charge on any atom is -0.345 e. The number of H-pyrrole nitrogens is 1. The first-order valence-corrected chi connectivity index (χ1v) is 8.44. The van der Waals surface area contributed by atoms with Crippen molar-refractivity contribution in [2.24, 2.45) is 0 Å². The molecular formula is C17H15N5OS. The lowest BCUT2D eigenvalue weighted by Crippen LogP contribution is -2.14. The molecule has 7 heteroatoms. The van der Waals surface area contributed by atoms with Gasteiger partial charge >= 0.3 is 0 Å². The van der Waals surface area contributed by atoms with Crippen molar-refractivity contribution in [2.45, 2.75) is 13.3 Å². The van der Waals surface area contributed by atoms with Crippen molar-refractivity contribution in [3.8, 4) is 5.13 Å². The molecule has 0 aliphatic rings. The van der Waals surface area contributed by atoms with E-state index in [4.69, 9.17) is 0 Å². The lowest BCUT2D eigenvalue weighted by molar-refractivity contribution is 0.102. The van der Waals surface area contributed by atoms with Crippen molar-refractivity contribution in [1.29, 1.82) is 0 Å². The molecule has 0 bridgehead atoms. The number of benzene rings is 1. The number of thiazole rings is 1. The summed E-state index contributed by atoms with van der Waals surface area (Å²) in [4.78, 5) is 25.4. The first kappa shape index (κ1) is 14.6. The van der Waals surface area contributed by atoms with Crippen LogP contribution in [0.2, 0.25) is 0 Å². The number of hydrogen-bond acceptors (Lipinski definition) is 4. The Morgan fingerprint density at radius 2 is 2.17 bits per heavy atom. The SMILES string of the molecule is CCc1sc(-n2cccc2)nc1C(=O)Nc1ccc2nc[nH]c2c1. The van der Waals surface area contributed by atoms with Gasteiger partial charge in [-0.05, 0) is 36.8 Å². The number of nitrogens with zero attached hydrogens (tertiary/aromatic N) is 3. The molecule has 3 aromatic heterocycles. The van der Waals surface area contributed by atoms with Gasteiger partial charge < -0.3 is 14.9 Å². The lowest BCUT2D eigenvalue weighted by atomic mass is 10.2. The molecule has 120 valence electrons. The highest BCUT2D eigenvalue weighted by Crippen LogP contribution is 2.24. The predicted molar refractivity (Wildman–Crippen MR) is 94.9 cm³/mol. The zero-order valence-corrected chi connectivity index (χ0v) is 13.8. The molecule has 3 heterocycles. The number of imidazole rings is 1. The van der Waals surface area contributed by atoms with Crippen LogP contribution in [0, 0.1) is 0 Å². The highest BCUT2D eigenvalue weighted by Gasteiger charge is 2.18. The van der Waals surface area contributed by atoms with Crippen molar-refractivity contribution >= 4 is 34.0 Å². The van der Waals surface area contributed by atoms with Gasteiger partial charge in [-0.2, -0.15) is 0 Å². The average Bonchev–Trinajstić information content (AvgIpc) is 3.32. The molecule has 4 rings (SSSR count). The van der Waals surface area contributed by atoms with Gasteiger partial charge in [0.1, 0.15) is 5.69 Å². The molecule has 1 aromatic carbocycles. The Morgan fingerprint density at radius 1 is 1.33 bits per heavy atom.